The van der Waals surface area contributed by atoms with E-state index in [4.69, 9.17) is 19.2 Å². The normalized spacial score (nSPS) is 12.7. The third kappa shape index (κ3) is 4.34. The fraction of sp³-hybridized carbons (Fsp3) is 0.364. The molecule has 1 amide bonds. The van der Waals surface area contributed by atoms with Crippen LogP contribution in [0.4, 0.5) is 5.13 Å². The number of ether oxygens (including phenoxy) is 3. The third-order valence-corrected chi connectivity index (χ3v) is 5.63. The van der Waals surface area contributed by atoms with E-state index in [-0.39, 0.29) is 18.8 Å². The molecule has 0 saturated carbocycles. The van der Waals surface area contributed by atoms with E-state index in [1.807, 2.05) is 57.1 Å². The van der Waals surface area contributed by atoms with Gasteiger partial charge >= 0.3 is 0 Å². The molecule has 0 bridgehead atoms. The van der Waals surface area contributed by atoms with Crippen molar-refractivity contribution in [3.8, 4) is 17.2 Å². The SMILES string of the molecule is CC(C)Oc1ccc(C(=O)N(CCN(C)C)c2nc3cc4c(cc3s2)OCO4)cc1. The van der Waals surface area contributed by atoms with Gasteiger partial charge in [-0.3, -0.25) is 9.69 Å². The maximum Gasteiger partial charge on any atom is 0.260 e. The molecule has 0 radical (unpaired) electrons. The monoisotopic (exact) mass is 427 g/mol. The fourth-order valence-corrected chi connectivity index (χ4v) is 4.11. The Morgan fingerprint density at radius 1 is 1.13 bits per heavy atom. The van der Waals surface area contributed by atoms with Gasteiger partial charge in [-0.15, -0.1) is 0 Å². The quantitative estimate of drug-likeness (QED) is 0.568. The highest BCUT2D eigenvalue weighted by Crippen LogP contribution is 2.40. The summed E-state index contributed by atoms with van der Waals surface area (Å²) in [6.45, 7) is 5.42. The van der Waals surface area contributed by atoms with Crippen molar-refractivity contribution in [2.45, 2.75) is 20.0 Å². The Labute approximate surface area is 179 Å². The molecule has 30 heavy (non-hydrogen) atoms. The Balaban J connectivity index is 1.64. The van der Waals surface area contributed by atoms with Gasteiger partial charge in [-0.1, -0.05) is 11.3 Å². The number of aromatic nitrogens is 1. The van der Waals surface area contributed by atoms with E-state index >= 15 is 0 Å². The fourth-order valence-electron chi connectivity index (χ4n) is 3.11. The number of carbonyl (C=O) groups excluding carboxylic acids is 1. The number of amides is 1. The Hall–Kier alpha value is -2.84. The molecule has 2 heterocycles. The largest absolute Gasteiger partial charge is 0.491 e. The molecular weight excluding hydrogens is 402 g/mol. The van der Waals surface area contributed by atoms with Gasteiger partial charge in [0.15, 0.2) is 16.6 Å². The second-order valence-electron chi connectivity index (χ2n) is 7.62. The molecule has 0 atom stereocenters. The predicted octanol–water partition coefficient (Wildman–Crippen LogP) is 4.02. The van der Waals surface area contributed by atoms with Crippen molar-refractivity contribution in [3.05, 3.63) is 42.0 Å². The molecular formula is C22H25N3O4S. The number of likely N-dealkylation sites (N-methyl/N-ethyl adjacent to an activating group) is 1. The number of hydrogen-bond donors (Lipinski definition) is 0. The molecule has 1 aliphatic heterocycles. The van der Waals surface area contributed by atoms with Crippen molar-refractivity contribution in [1.29, 1.82) is 0 Å². The molecule has 0 N–H and O–H groups in total. The smallest absolute Gasteiger partial charge is 0.260 e. The molecule has 4 rings (SSSR count). The zero-order chi connectivity index (χ0) is 21.3. The molecule has 1 aliphatic rings. The highest BCUT2D eigenvalue weighted by Gasteiger charge is 2.23. The molecule has 0 aliphatic carbocycles. The van der Waals surface area contributed by atoms with Crippen LogP contribution in [0.5, 0.6) is 17.2 Å². The first kappa shape index (κ1) is 20.4. The first-order valence-corrected chi connectivity index (χ1v) is 10.7. The number of benzene rings is 2. The number of fused-ring (bicyclic) bond motifs is 2. The van der Waals surface area contributed by atoms with E-state index in [9.17, 15) is 4.79 Å². The first-order valence-electron chi connectivity index (χ1n) is 9.84. The highest BCUT2D eigenvalue weighted by atomic mass is 32.1. The Morgan fingerprint density at radius 3 is 2.50 bits per heavy atom. The lowest BCUT2D eigenvalue weighted by Crippen LogP contribution is -2.36. The van der Waals surface area contributed by atoms with Crippen LogP contribution in [0, 0.1) is 0 Å². The number of rotatable bonds is 7. The van der Waals surface area contributed by atoms with Crippen LogP contribution in [0.1, 0.15) is 24.2 Å². The molecule has 3 aromatic rings. The van der Waals surface area contributed by atoms with Gasteiger partial charge < -0.3 is 19.1 Å². The minimum Gasteiger partial charge on any atom is -0.491 e. The van der Waals surface area contributed by atoms with Crippen molar-refractivity contribution >= 4 is 32.6 Å². The molecule has 0 saturated heterocycles. The molecule has 0 fully saturated rings. The van der Waals surface area contributed by atoms with Crippen LogP contribution < -0.4 is 19.1 Å². The third-order valence-electron chi connectivity index (χ3n) is 4.59. The zero-order valence-corrected chi connectivity index (χ0v) is 18.4. The van der Waals surface area contributed by atoms with Crippen molar-refractivity contribution < 1.29 is 19.0 Å². The van der Waals surface area contributed by atoms with E-state index in [0.29, 0.717) is 28.7 Å². The van der Waals surface area contributed by atoms with Gasteiger partial charge in [0.05, 0.1) is 16.3 Å². The average Bonchev–Trinajstić information content (AvgIpc) is 3.31. The van der Waals surface area contributed by atoms with Crippen LogP contribution in [-0.2, 0) is 0 Å². The zero-order valence-electron chi connectivity index (χ0n) is 17.5. The minimum atomic E-state index is -0.0907. The Morgan fingerprint density at radius 2 is 1.83 bits per heavy atom. The second-order valence-corrected chi connectivity index (χ2v) is 8.63. The van der Waals surface area contributed by atoms with Gasteiger partial charge in [0.25, 0.3) is 5.91 Å². The topological polar surface area (TPSA) is 64.1 Å². The van der Waals surface area contributed by atoms with Gasteiger partial charge in [-0.05, 0) is 52.2 Å². The maximum atomic E-state index is 13.4. The molecule has 1 aromatic heterocycles. The number of nitrogens with zero attached hydrogens (tertiary/aromatic N) is 3. The molecule has 158 valence electrons. The van der Waals surface area contributed by atoms with Crippen LogP contribution in [-0.4, -0.2) is 55.9 Å². The van der Waals surface area contributed by atoms with E-state index in [0.717, 1.165) is 22.5 Å². The first-order chi connectivity index (χ1) is 14.4. The van der Waals surface area contributed by atoms with Crippen LogP contribution in [0.3, 0.4) is 0 Å². The van der Waals surface area contributed by atoms with E-state index in [2.05, 4.69) is 0 Å². The lowest BCUT2D eigenvalue weighted by atomic mass is 10.2. The molecule has 2 aromatic carbocycles. The van der Waals surface area contributed by atoms with Crippen molar-refractivity contribution in [2.24, 2.45) is 0 Å². The number of anilines is 1. The minimum absolute atomic E-state index is 0.0838. The number of carbonyl (C=O) groups is 1. The summed E-state index contributed by atoms with van der Waals surface area (Å²) in [5.74, 6) is 2.05. The summed E-state index contributed by atoms with van der Waals surface area (Å²) in [5.41, 5.74) is 1.39. The van der Waals surface area contributed by atoms with Gasteiger partial charge in [0.2, 0.25) is 6.79 Å². The van der Waals surface area contributed by atoms with Crippen LogP contribution in [0.15, 0.2) is 36.4 Å². The second kappa shape index (κ2) is 8.49. The maximum absolute atomic E-state index is 13.4. The summed E-state index contributed by atoms with van der Waals surface area (Å²) in [5, 5.41) is 0.656. The molecule has 0 unspecified atom stereocenters. The molecule has 8 heteroatoms. The van der Waals surface area contributed by atoms with Gasteiger partial charge in [-0.2, -0.15) is 0 Å². The van der Waals surface area contributed by atoms with Gasteiger partial charge in [0.1, 0.15) is 5.75 Å². The summed E-state index contributed by atoms with van der Waals surface area (Å²) in [4.78, 5) is 21.8. The van der Waals surface area contributed by atoms with Crippen molar-refractivity contribution in [3.63, 3.8) is 0 Å². The average molecular weight is 428 g/mol. The van der Waals surface area contributed by atoms with E-state index in [1.165, 1.54) is 11.3 Å². The summed E-state index contributed by atoms with van der Waals surface area (Å²) >= 11 is 1.47. The summed E-state index contributed by atoms with van der Waals surface area (Å²) in [6.07, 6.45) is 0.0838. The van der Waals surface area contributed by atoms with Gasteiger partial charge in [-0.25, -0.2) is 4.98 Å². The number of hydrogen-bond acceptors (Lipinski definition) is 7. The van der Waals surface area contributed by atoms with Crippen molar-refractivity contribution in [1.82, 2.24) is 9.88 Å². The summed E-state index contributed by atoms with van der Waals surface area (Å²) < 4.78 is 17.6. The standard InChI is InChI=1S/C22H25N3O4S/c1-14(2)29-16-7-5-15(6-8-16)21(26)25(10-9-24(3)4)22-23-17-11-18-19(28-13-27-18)12-20(17)30-22/h5-8,11-12,14H,9-10,13H2,1-4H3. The van der Waals surface area contributed by atoms with Crippen molar-refractivity contribution in [2.75, 3.05) is 38.9 Å². The van der Waals surface area contributed by atoms with E-state index in [1.54, 1.807) is 17.0 Å². The van der Waals surface area contributed by atoms with Crippen LogP contribution >= 0.6 is 11.3 Å². The van der Waals surface area contributed by atoms with Crippen LogP contribution in [0.25, 0.3) is 10.2 Å². The van der Waals surface area contributed by atoms with Gasteiger partial charge in [0, 0.05) is 30.8 Å². The van der Waals surface area contributed by atoms with E-state index < -0.39 is 0 Å². The number of thiazole rings is 1. The molecule has 7 nitrogen and oxygen atoms in total. The van der Waals surface area contributed by atoms with Crippen LogP contribution in [0.2, 0.25) is 0 Å². The Kier molecular flexibility index (Phi) is 5.78. The molecule has 0 spiro atoms. The Bertz CT molecular complexity index is 1010. The summed E-state index contributed by atoms with van der Waals surface area (Å²) in [6, 6.07) is 11.0. The lowest BCUT2D eigenvalue weighted by Gasteiger charge is -2.22. The predicted molar refractivity (Wildman–Crippen MR) is 118 cm³/mol. The summed E-state index contributed by atoms with van der Waals surface area (Å²) in [7, 11) is 3.97. The lowest BCUT2D eigenvalue weighted by molar-refractivity contribution is 0.0985. The highest BCUT2D eigenvalue weighted by molar-refractivity contribution is 7.22.